The summed E-state index contributed by atoms with van der Waals surface area (Å²) in [5, 5.41) is 21.3. The molecular weight excluding hydrogens is 314 g/mol. The molecule has 0 saturated heterocycles. The molecule has 0 aliphatic rings. The first kappa shape index (κ1) is 19.0. The van der Waals surface area contributed by atoms with E-state index in [2.05, 4.69) is 51.9 Å². The van der Waals surface area contributed by atoms with Crippen molar-refractivity contribution in [2.75, 3.05) is 19.6 Å². The number of aliphatic hydroxyl groups is 1. The molecule has 136 valence electrons. The van der Waals surface area contributed by atoms with Crippen molar-refractivity contribution in [3.63, 3.8) is 0 Å². The number of hydrogen-bond acceptors (Lipinski definition) is 3. The van der Waals surface area contributed by atoms with E-state index in [-0.39, 0.29) is 6.54 Å². The molecule has 3 N–H and O–H groups in total. The summed E-state index contributed by atoms with van der Waals surface area (Å²) in [6.07, 6.45) is 4.41. The number of hydrogen-bond donors (Lipinski definition) is 3. The van der Waals surface area contributed by atoms with Crippen LogP contribution >= 0.6 is 0 Å². The van der Waals surface area contributed by atoms with Gasteiger partial charge < -0.3 is 15.7 Å². The number of nitrogens with zero attached hydrogens (tertiary/aromatic N) is 3. The second kappa shape index (κ2) is 8.67. The van der Waals surface area contributed by atoms with Gasteiger partial charge in [-0.1, -0.05) is 29.8 Å². The van der Waals surface area contributed by atoms with E-state index < -0.39 is 5.60 Å². The fourth-order valence-corrected chi connectivity index (χ4v) is 2.56. The third-order valence-corrected chi connectivity index (χ3v) is 4.00. The maximum Gasteiger partial charge on any atom is 0.191 e. The number of aryl methyl sites for hydroxylation is 2. The van der Waals surface area contributed by atoms with Gasteiger partial charge in [0.1, 0.15) is 5.60 Å². The summed E-state index contributed by atoms with van der Waals surface area (Å²) in [6, 6.07) is 8.50. The quantitative estimate of drug-likeness (QED) is 0.529. The predicted octanol–water partition coefficient (Wildman–Crippen LogP) is 1.73. The molecule has 0 radical (unpaired) electrons. The minimum Gasteiger partial charge on any atom is -0.383 e. The van der Waals surface area contributed by atoms with Gasteiger partial charge in [0.15, 0.2) is 5.96 Å². The Balaban J connectivity index is 1.93. The monoisotopic (exact) mass is 343 g/mol. The summed E-state index contributed by atoms with van der Waals surface area (Å²) in [5.41, 5.74) is 2.28. The van der Waals surface area contributed by atoms with Crippen LogP contribution in [0.4, 0.5) is 0 Å². The summed E-state index contributed by atoms with van der Waals surface area (Å²) in [4.78, 5) is 4.53. The standard InChI is InChI=1S/C19H29N5O/c1-5-20-18(21-10-9-16-8-6-7-15(2)11-16)22-14-19(3,25)17-12-23-24(4)13-17/h6-8,11-13,25H,5,9-10,14H2,1-4H3,(H2,20,21,22). The molecule has 0 aliphatic carbocycles. The van der Waals surface area contributed by atoms with Crippen LogP contribution in [-0.4, -0.2) is 40.5 Å². The zero-order valence-corrected chi connectivity index (χ0v) is 15.6. The predicted molar refractivity (Wildman–Crippen MR) is 102 cm³/mol. The van der Waals surface area contributed by atoms with E-state index in [1.54, 1.807) is 17.8 Å². The van der Waals surface area contributed by atoms with E-state index in [1.165, 1.54) is 11.1 Å². The van der Waals surface area contributed by atoms with E-state index in [1.807, 2.05) is 20.2 Å². The summed E-state index contributed by atoms with van der Waals surface area (Å²) in [6.45, 7) is 7.69. The maximum absolute atomic E-state index is 10.6. The molecule has 25 heavy (non-hydrogen) atoms. The molecule has 1 heterocycles. The summed E-state index contributed by atoms with van der Waals surface area (Å²) >= 11 is 0. The molecular formula is C19H29N5O. The van der Waals surface area contributed by atoms with Crippen molar-refractivity contribution in [2.24, 2.45) is 12.0 Å². The van der Waals surface area contributed by atoms with E-state index in [0.29, 0.717) is 5.96 Å². The van der Waals surface area contributed by atoms with Crippen LogP contribution in [0.3, 0.4) is 0 Å². The molecule has 0 saturated carbocycles. The highest BCUT2D eigenvalue weighted by molar-refractivity contribution is 5.79. The van der Waals surface area contributed by atoms with Crippen LogP contribution in [0.25, 0.3) is 0 Å². The minimum atomic E-state index is -1.05. The van der Waals surface area contributed by atoms with Crippen molar-refractivity contribution >= 4 is 5.96 Å². The molecule has 1 atom stereocenters. The molecule has 6 nitrogen and oxygen atoms in total. The number of guanidine groups is 1. The van der Waals surface area contributed by atoms with Gasteiger partial charge in [0.25, 0.3) is 0 Å². The van der Waals surface area contributed by atoms with Crippen molar-refractivity contribution in [3.05, 3.63) is 53.3 Å². The number of aromatic nitrogens is 2. The lowest BCUT2D eigenvalue weighted by Crippen LogP contribution is -2.39. The number of rotatable bonds is 7. The molecule has 2 aromatic rings. The van der Waals surface area contributed by atoms with Gasteiger partial charge in [0, 0.05) is 31.9 Å². The van der Waals surface area contributed by atoms with Gasteiger partial charge in [0.2, 0.25) is 0 Å². The Morgan fingerprint density at radius 1 is 1.36 bits per heavy atom. The zero-order chi connectivity index (χ0) is 18.3. The van der Waals surface area contributed by atoms with Crippen molar-refractivity contribution in [3.8, 4) is 0 Å². The highest BCUT2D eigenvalue weighted by atomic mass is 16.3. The molecule has 1 aromatic heterocycles. The second-order valence-corrected chi connectivity index (χ2v) is 6.54. The van der Waals surface area contributed by atoms with Gasteiger partial charge in [-0.3, -0.25) is 4.68 Å². The Hall–Kier alpha value is -2.34. The van der Waals surface area contributed by atoms with Gasteiger partial charge in [-0.25, -0.2) is 4.99 Å². The van der Waals surface area contributed by atoms with Gasteiger partial charge in [-0.2, -0.15) is 5.10 Å². The molecule has 1 aromatic carbocycles. The smallest absolute Gasteiger partial charge is 0.191 e. The Labute approximate surface area is 150 Å². The lowest BCUT2D eigenvalue weighted by atomic mass is 10.0. The molecule has 0 amide bonds. The SMILES string of the molecule is CCNC(=NCC(C)(O)c1cnn(C)c1)NCCc1cccc(C)c1. The minimum absolute atomic E-state index is 0.262. The maximum atomic E-state index is 10.6. The van der Waals surface area contributed by atoms with Gasteiger partial charge in [-0.15, -0.1) is 0 Å². The molecule has 6 heteroatoms. The highest BCUT2D eigenvalue weighted by Crippen LogP contribution is 2.19. The van der Waals surface area contributed by atoms with Gasteiger partial charge >= 0.3 is 0 Å². The van der Waals surface area contributed by atoms with Crippen LogP contribution in [0.1, 0.15) is 30.5 Å². The first-order valence-corrected chi connectivity index (χ1v) is 8.70. The first-order valence-electron chi connectivity index (χ1n) is 8.70. The molecule has 0 aliphatic heterocycles. The average Bonchev–Trinajstić information content (AvgIpc) is 3.00. The molecule has 1 unspecified atom stereocenters. The lowest BCUT2D eigenvalue weighted by Gasteiger charge is -2.20. The second-order valence-electron chi connectivity index (χ2n) is 6.54. The molecule has 0 spiro atoms. The zero-order valence-electron chi connectivity index (χ0n) is 15.6. The first-order chi connectivity index (χ1) is 11.9. The average molecular weight is 343 g/mol. The van der Waals surface area contributed by atoms with Crippen LogP contribution in [-0.2, 0) is 19.1 Å². The Morgan fingerprint density at radius 2 is 2.16 bits per heavy atom. The molecule has 0 fully saturated rings. The lowest BCUT2D eigenvalue weighted by molar-refractivity contribution is 0.0672. The number of aliphatic imine (C=N–C) groups is 1. The van der Waals surface area contributed by atoms with E-state index in [0.717, 1.165) is 25.1 Å². The normalized spacial score (nSPS) is 14.2. The van der Waals surface area contributed by atoms with E-state index in [9.17, 15) is 5.11 Å². The third kappa shape index (κ3) is 5.90. The Bertz CT molecular complexity index is 705. The largest absolute Gasteiger partial charge is 0.383 e. The van der Waals surface area contributed by atoms with E-state index in [4.69, 9.17) is 0 Å². The van der Waals surface area contributed by atoms with Crippen molar-refractivity contribution in [1.29, 1.82) is 0 Å². The van der Waals surface area contributed by atoms with Crippen LogP contribution in [0.5, 0.6) is 0 Å². The fourth-order valence-electron chi connectivity index (χ4n) is 2.56. The van der Waals surface area contributed by atoms with Crippen LogP contribution in [0.15, 0.2) is 41.7 Å². The fraction of sp³-hybridized carbons (Fsp3) is 0.474. The summed E-state index contributed by atoms with van der Waals surface area (Å²) in [5.74, 6) is 0.708. The Kier molecular flexibility index (Phi) is 6.58. The van der Waals surface area contributed by atoms with E-state index >= 15 is 0 Å². The van der Waals surface area contributed by atoms with Crippen LogP contribution in [0.2, 0.25) is 0 Å². The Morgan fingerprint density at radius 3 is 2.80 bits per heavy atom. The van der Waals surface area contributed by atoms with Crippen LogP contribution in [0, 0.1) is 6.92 Å². The van der Waals surface area contributed by atoms with Crippen molar-refractivity contribution < 1.29 is 5.11 Å². The number of nitrogens with one attached hydrogen (secondary N) is 2. The topological polar surface area (TPSA) is 74.5 Å². The van der Waals surface area contributed by atoms with Gasteiger partial charge in [0.05, 0.1) is 12.7 Å². The summed E-state index contributed by atoms with van der Waals surface area (Å²) < 4.78 is 1.68. The summed E-state index contributed by atoms with van der Waals surface area (Å²) in [7, 11) is 1.83. The van der Waals surface area contributed by atoms with Crippen molar-refractivity contribution in [2.45, 2.75) is 32.8 Å². The number of benzene rings is 1. The van der Waals surface area contributed by atoms with Gasteiger partial charge in [-0.05, 0) is 32.8 Å². The molecule has 2 rings (SSSR count). The van der Waals surface area contributed by atoms with Crippen LogP contribution < -0.4 is 10.6 Å². The van der Waals surface area contributed by atoms with Crippen molar-refractivity contribution in [1.82, 2.24) is 20.4 Å². The third-order valence-electron chi connectivity index (χ3n) is 4.00. The highest BCUT2D eigenvalue weighted by Gasteiger charge is 2.24. The molecule has 0 bridgehead atoms.